The lowest BCUT2D eigenvalue weighted by molar-refractivity contribution is -0.120. The molecule has 0 aliphatic carbocycles. The van der Waals surface area contributed by atoms with Crippen LogP contribution in [0.4, 0.5) is 5.69 Å². The van der Waals surface area contributed by atoms with Crippen LogP contribution in [0, 0.1) is 5.92 Å². The van der Waals surface area contributed by atoms with Crippen LogP contribution in [-0.2, 0) is 4.79 Å². The van der Waals surface area contributed by atoms with Crippen molar-refractivity contribution in [1.82, 2.24) is 5.32 Å². The Labute approximate surface area is 134 Å². The second-order valence-electron chi connectivity index (χ2n) is 5.66. The van der Waals surface area contributed by atoms with Crippen LogP contribution in [0.2, 0.25) is 0 Å². The van der Waals surface area contributed by atoms with Gasteiger partial charge in [-0.1, -0.05) is 41.9 Å². The molecular weight excluding hydrogens is 328 g/mol. The fourth-order valence-electron chi connectivity index (χ4n) is 1.98. The van der Waals surface area contributed by atoms with Crippen LogP contribution < -0.4 is 10.6 Å². The fraction of sp³-hybridized carbons (Fsp3) is 0.353. The molecule has 112 valence electrons. The molecule has 0 aromatic heterocycles. The zero-order chi connectivity index (χ0) is 15.4. The van der Waals surface area contributed by atoms with Crippen LogP contribution in [-0.4, -0.2) is 18.5 Å². The molecule has 1 amide bonds. The predicted octanol–water partition coefficient (Wildman–Crippen LogP) is 4.17. The zero-order valence-corrected chi connectivity index (χ0v) is 14.2. The Morgan fingerprint density at radius 3 is 2.48 bits per heavy atom. The first-order valence-corrected chi connectivity index (χ1v) is 7.97. The molecule has 0 radical (unpaired) electrons. The molecule has 2 N–H and O–H groups in total. The normalized spacial score (nSPS) is 12.4. The molecule has 0 heterocycles. The number of nitrogens with one attached hydrogen (secondary N) is 2. The quantitative estimate of drug-likeness (QED) is 0.850. The summed E-state index contributed by atoms with van der Waals surface area (Å²) in [5.74, 6) is 0.458. The van der Waals surface area contributed by atoms with E-state index in [0.717, 1.165) is 15.5 Å². The average molecular weight is 349 g/mol. The van der Waals surface area contributed by atoms with E-state index in [1.165, 1.54) is 5.39 Å². The number of rotatable bonds is 5. The number of anilines is 1. The topological polar surface area (TPSA) is 41.1 Å². The van der Waals surface area contributed by atoms with Crippen LogP contribution in [0.25, 0.3) is 10.8 Å². The molecule has 0 aliphatic heterocycles. The zero-order valence-electron chi connectivity index (χ0n) is 12.6. The summed E-state index contributed by atoms with van der Waals surface area (Å²) in [4.78, 5) is 11.9. The maximum Gasteiger partial charge on any atom is 0.239 e. The van der Waals surface area contributed by atoms with E-state index in [4.69, 9.17) is 0 Å². The molecule has 0 spiro atoms. The second-order valence-corrected chi connectivity index (χ2v) is 6.58. The van der Waals surface area contributed by atoms with Gasteiger partial charge in [-0.05, 0) is 47.9 Å². The van der Waals surface area contributed by atoms with Crippen molar-refractivity contribution < 1.29 is 4.79 Å². The van der Waals surface area contributed by atoms with Crippen molar-refractivity contribution in [1.29, 1.82) is 0 Å². The largest absolute Gasteiger partial charge is 0.376 e. The molecule has 0 saturated carbocycles. The highest BCUT2D eigenvalue weighted by Crippen LogP contribution is 2.22. The van der Waals surface area contributed by atoms with E-state index in [9.17, 15) is 4.79 Å². The Hall–Kier alpha value is -1.55. The Morgan fingerprint density at radius 2 is 1.76 bits per heavy atom. The average Bonchev–Trinajstić information content (AvgIpc) is 2.44. The molecule has 0 fully saturated rings. The van der Waals surface area contributed by atoms with Gasteiger partial charge in [0.1, 0.15) is 0 Å². The Morgan fingerprint density at radius 1 is 1.10 bits per heavy atom. The van der Waals surface area contributed by atoms with Crippen molar-refractivity contribution in [2.45, 2.75) is 26.8 Å². The van der Waals surface area contributed by atoms with Gasteiger partial charge in [0.25, 0.3) is 0 Å². The first-order chi connectivity index (χ1) is 9.95. The van der Waals surface area contributed by atoms with Crippen molar-refractivity contribution in [2.24, 2.45) is 5.92 Å². The third-order valence-corrected chi connectivity index (χ3v) is 4.14. The van der Waals surface area contributed by atoms with Crippen LogP contribution >= 0.6 is 15.9 Å². The smallest absolute Gasteiger partial charge is 0.239 e. The van der Waals surface area contributed by atoms with Gasteiger partial charge in [-0.2, -0.15) is 0 Å². The van der Waals surface area contributed by atoms with Crippen LogP contribution in [0.5, 0.6) is 0 Å². The van der Waals surface area contributed by atoms with E-state index in [1.807, 2.05) is 19.1 Å². The van der Waals surface area contributed by atoms with Gasteiger partial charge in [-0.25, -0.2) is 0 Å². The van der Waals surface area contributed by atoms with Gasteiger partial charge in [-0.3, -0.25) is 4.79 Å². The van der Waals surface area contributed by atoms with Crippen LogP contribution in [0.15, 0.2) is 40.9 Å². The standard InChI is InChI=1S/C17H21BrN2O/c1-11(2)12(3)20-17(21)10-19-16-7-5-13-8-15(18)6-4-14(13)9-16/h4-9,11-12,19H,10H2,1-3H3,(H,20,21). The highest BCUT2D eigenvalue weighted by Gasteiger charge is 2.10. The molecule has 2 rings (SSSR count). The van der Waals surface area contributed by atoms with E-state index in [1.54, 1.807) is 0 Å². The molecule has 1 unspecified atom stereocenters. The lowest BCUT2D eigenvalue weighted by atomic mass is 10.1. The van der Waals surface area contributed by atoms with Gasteiger partial charge in [0.2, 0.25) is 5.91 Å². The maximum atomic E-state index is 11.9. The Balaban J connectivity index is 1.97. The molecule has 0 saturated heterocycles. The molecule has 2 aromatic carbocycles. The molecule has 21 heavy (non-hydrogen) atoms. The van der Waals surface area contributed by atoms with Crippen LogP contribution in [0.3, 0.4) is 0 Å². The first kappa shape index (κ1) is 15.8. The van der Waals surface area contributed by atoms with Crippen molar-refractivity contribution in [2.75, 3.05) is 11.9 Å². The Bertz CT molecular complexity index is 640. The van der Waals surface area contributed by atoms with E-state index in [2.05, 4.69) is 64.7 Å². The van der Waals surface area contributed by atoms with Crippen molar-refractivity contribution in [3.8, 4) is 0 Å². The lowest BCUT2D eigenvalue weighted by Gasteiger charge is -2.17. The minimum Gasteiger partial charge on any atom is -0.376 e. The van der Waals surface area contributed by atoms with Crippen molar-refractivity contribution in [3.05, 3.63) is 40.9 Å². The number of carbonyl (C=O) groups is 1. The minimum absolute atomic E-state index is 0.0205. The number of carbonyl (C=O) groups excluding carboxylic acids is 1. The fourth-order valence-corrected chi connectivity index (χ4v) is 2.36. The highest BCUT2D eigenvalue weighted by molar-refractivity contribution is 9.10. The summed E-state index contributed by atoms with van der Waals surface area (Å²) in [6.45, 7) is 6.51. The summed E-state index contributed by atoms with van der Waals surface area (Å²) in [6.07, 6.45) is 0. The molecule has 1 atom stereocenters. The van der Waals surface area contributed by atoms with E-state index in [0.29, 0.717) is 12.5 Å². The van der Waals surface area contributed by atoms with E-state index >= 15 is 0 Å². The Kier molecular flexibility index (Phi) is 5.23. The summed E-state index contributed by atoms with van der Waals surface area (Å²) in [7, 11) is 0. The third-order valence-electron chi connectivity index (χ3n) is 3.64. The summed E-state index contributed by atoms with van der Waals surface area (Å²) < 4.78 is 1.07. The van der Waals surface area contributed by atoms with Gasteiger partial charge in [-0.15, -0.1) is 0 Å². The monoisotopic (exact) mass is 348 g/mol. The number of halogens is 1. The SMILES string of the molecule is CC(C)C(C)NC(=O)CNc1ccc2cc(Br)ccc2c1. The maximum absolute atomic E-state index is 11.9. The number of amides is 1. The first-order valence-electron chi connectivity index (χ1n) is 7.18. The van der Waals surface area contributed by atoms with Gasteiger partial charge >= 0.3 is 0 Å². The summed E-state index contributed by atoms with van der Waals surface area (Å²) in [6, 6.07) is 12.4. The molecule has 2 aromatic rings. The van der Waals surface area contributed by atoms with E-state index < -0.39 is 0 Å². The number of hydrogen-bond acceptors (Lipinski definition) is 2. The van der Waals surface area contributed by atoms with Crippen LogP contribution in [0.1, 0.15) is 20.8 Å². The van der Waals surface area contributed by atoms with Crippen molar-refractivity contribution >= 4 is 38.3 Å². The molecule has 4 heteroatoms. The molecular formula is C17H21BrN2O. The van der Waals surface area contributed by atoms with Gasteiger partial charge in [0, 0.05) is 16.2 Å². The third kappa shape index (κ3) is 4.46. The minimum atomic E-state index is 0.0205. The summed E-state index contributed by atoms with van der Waals surface area (Å²) in [5, 5.41) is 8.48. The highest BCUT2D eigenvalue weighted by atomic mass is 79.9. The summed E-state index contributed by atoms with van der Waals surface area (Å²) in [5.41, 5.74) is 0.956. The second kappa shape index (κ2) is 6.94. The van der Waals surface area contributed by atoms with Crippen molar-refractivity contribution in [3.63, 3.8) is 0 Å². The number of fused-ring (bicyclic) bond motifs is 1. The number of benzene rings is 2. The lowest BCUT2D eigenvalue weighted by Crippen LogP contribution is -2.39. The summed E-state index contributed by atoms with van der Waals surface area (Å²) >= 11 is 3.47. The number of hydrogen-bond donors (Lipinski definition) is 2. The molecule has 3 nitrogen and oxygen atoms in total. The van der Waals surface area contributed by atoms with Gasteiger partial charge < -0.3 is 10.6 Å². The van der Waals surface area contributed by atoms with Gasteiger partial charge in [0.05, 0.1) is 6.54 Å². The predicted molar refractivity (Wildman–Crippen MR) is 92.6 cm³/mol. The molecule has 0 bridgehead atoms. The molecule has 0 aliphatic rings. The van der Waals surface area contributed by atoms with Gasteiger partial charge in [0.15, 0.2) is 0 Å². The van der Waals surface area contributed by atoms with E-state index in [-0.39, 0.29) is 11.9 Å².